The van der Waals surface area contributed by atoms with Crippen LogP contribution >= 0.6 is 0 Å². The lowest BCUT2D eigenvalue weighted by Crippen LogP contribution is -2.43. The van der Waals surface area contributed by atoms with Gasteiger partial charge < -0.3 is 19.7 Å². The number of aryl methyl sites for hydroxylation is 1. The van der Waals surface area contributed by atoms with Gasteiger partial charge in [-0.1, -0.05) is 24.3 Å². The molecule has 0 aliphatic carbocycles. The second-order valence-electron chi connectivity index (χ2n) is 7.80. The van der Waals surface area contributed by atoms with Crippen molar-refractivity contribution in [1.82, 2.24) is 10.2 Å². The highest BCUT2D eigenvalue weighted by atomic mass is 16.5. The largest absolute Gasteiger partial charge is 0.497 e. The van der Waals surface area contributed by atoms with E-state index in [1.165, 1.54) is 11.3 Å². The second-order valence-corrected chi connectivity index (χ2v) is 7.80. The second kappa shape index (κ2) is 11.0. The molecule has 2 aromatic rings. The number of hydrogen-bond donors (Lipinski definition) is 1. The first-order chi connectivity index (χ1) is 14.6. The minimum absolute atomic E-state index is 0.0778. The molecule has 0 aromatic heterocycles. The smallest absolute Gasteiger partial charge is 0.220 e. The van der Waals surface area contributed by atoms with Crippen LogP contribution in [0.3, 0.4) is 0 Å². The van der Waals surface area contributed by atoms with E-state index in [4.69, 9.17) is 9.47 Å². The monoisotopic (exact) mass is 411 g/mol. The Labute approximate surface area is 179 Å². The summed E-state index contributed by atoms with van der Waals surface area (Å²) < 4.78 is 10.7. The molecule has 1 atom stereocenters. The van der Waals surface area contributed by atoms with Gasteiger partial charge in [-0.25, -0.2) is 0 Å². The summed E-state index contributed by atoms with van der Waals surface area (Å²) >= 11 is 0. The molecule has 1 heterocycles. The van der Waals surface area contributed by atoms with Crippen LogP contribution in [0.15, 0.2) is 48.5 Å². The number of morpholine rings is 1. The minimum Gasteiger partial charge on any atom is -0.497 e. The molecule has 1 N–H and O–H groups in total. The Morgan fingerprint density at radius 2 is 1.77 bits per heavy atom. The maximum atomic E-state index is 12.5. The summed E-state index contributed by atoms with van der Waals surface area (Å²) in [7, 11) is 5.73. The average molecular weight is 412 g/mol. The van der Waals surface area contributed by atoms with E-state index >= 15 is 0 Å². The highest BCUT2D eigenvalue weighted by Crippen LogP contribution is 2.24. The van der Waals surface area contributed by atoms with Crippen molar-refractivity contribution in [2.75, 3.05) is 59.0 Å². The third-order valence-corrected chi connectivity index (χ3v) is 5.57. The maximum Gasteiger partial charge on any atom is 0.220 e. The fraction of sp³-hybridized carbons (Fsp3) is 0.458. The van der Waals surface area contributed by atoms with Crippen molar-refractivity contribution >= 4 is 11.6 Å². The minimum atomic E-state index is 0.0778. The third kappa shape index (κ3) is 6.21. The Morgan fingerprint density at radius 3 is 2.37 bits per heavy atom. The lowest BCUT2D eigenvalue weighted by molar-refractivity contribution is -0.121. The summed E-state index contributed by atoms with van der Waals surface area (Å²) in [5.74, 6) is 0.908. The molecule has 6 nitrogen and oxygen atoms in total. The van der Waals surface area contributed by atoms with E-state index in [1.54, 1.807) is 7.11 Å². The molecule has 1 amide bonds. The highest BCUT2D eigenvalue weighted by Gasteiger charge is 2.23. The number of rotatable bonds is 9. The summed E-state index contributed by atoms with van der Waals surface area (Å²) in [6.45, 7) is 3.82. The quantitative estimate of drug-likeness (QED) is 0.688. The first-order valence-corrected chi connectivity index (χ1v) is 10.6. The lowest BCUT2D eigenvalue weighted by atomic mass is 10.0. The maximum absolute atomic E-state index is 12.5. The van der Waals surface area contributed by atoms with E-state index in [0.29, 0.717) is 13.0 Å². The molecule has 1 aliphatic rings. The van der Waals surface area contributed by atoms with Gasteiger partial charge in [-0.2, -0.15) is 0 Å². The van der Waals surface area contributed by atoms with Crippen molar-refractivity contribution in [2.45, 2.75) is 18.9 Å². The first kappa shape index (κ1) is 22.1. The number of methoxy groups -OCH3 is 1. The standard InChI is InChI=1S/C24H33N3O3/c1-26(2)21-9-7-20(8-10-21)23(27-14-16-30-17-15-27)18-25-24(28)13-6-19-4-11-22(29-3)12-5-19/h4-5,7-12,23H,6,13-18H2,1-3H3,(H,25,28)/t23-/m1/s1. The molecule has 1 aliphatic heterocycles. The van der Waals surface area contributed by atoms with Crippen molar-refractivity contribution in [3.05, 3.63) is 59.7 Å². The molecule has 0 saturated carbocycles. The Morgan fingerprint density at radius 1 is 1.10 bits per heavy atom. The van der Waals surface area contributed by atoms with Crippen molar-refractivity contribution < 1.29 is 14.3 Å². The number of nitrogens with zero attached hydrogens (tertiary/aromatic N) is 2. The van der Waals surface area contributed by atoms with Crippen LogP contribution in [0.1, 0.15) is 23.6 Å². The van der Waals surface area contributed by atoms with Crippen molar-refractivity contribution in [3.8, 4) is 5.75 Å². The molecular weight excluding hydrogens is 378 g/mol. The van der Waals surface area contributed by atoms with E-state index in [-0.39, 0.29) is 11.9 Å². The van der Waals surface area contributed by atoms with Crippen molar-refractivity contribution in [2.24, 2.45) is 0 Å². The summed E-state index contributed by atoms with van der Waals surface area (Å²) in [5, 5.41) is 3.15. The normalized spacial score (nSPS) is 15.4. The number of ether oxygens (including phenoxy) is 2. The van der Waals surface area contributed by atoms with E-state index in [0.717, 1.165) is 44.0 Å². The van der Waals surface area contributed by atoms with Gasteiger partial charge in [0.1, 0.15) is 5.75 Å². The van der Waals surface area contributed by atoms with Crippen LogP contribution < -0.4 is 15.0 Å². The van der Waals surface area contributed by atoms with Gasteiger partial charge >= 0.3 is 0 Å². The van der Waals surface area contributed by atoms with Crippen LogP contribution in [-0.2, 0) is 16.0 Å². The number of nitrogens with one attached hydrogen (secondary N) is 1. The highest BCUT2D eigenvalue weighted by molar-refractivity contribution is 5.76. The van der Waals surface area contributed by atoms with Gasteiger partial charge in [0.15, 0.2) is 0 Å². The molecule has 1 fully saturated rings. The molecule has 2 aromatic carbocycles. The number of hydrogen-bond acceptors (Lipinski definition) is 5. The summed E-state index contributed by atoms with van der Waals surface area (Å²) in [5.41, 5.74) is 3.52. The molecule has 0 spiro atoms. The molecule has 0 unspecified atom stereocenters. The van der Waals surface area contributed by atoms with Gasteiger partial charge in [0.25, 0.3) is 0 Å². The number of benzene rings is 2. The van der Waals surface area contributed by atoms with E-state index in [1.807, 2.05) is 38.4 Å². The number of carbonyl (C=O) groups excluding carboxylic acids is 1. The molecule has 0 bridgehead atoms. The van der Waals surface area contributed by atoms with Gasteiger partial charge in [0.05, 0.1) is 26.4 Å². The molecule has 3 rings (SSSR count). The third-order valence-electron chi connectivity index (χ3n) is 5.57. The SMILES string of the molecule is COc1ccc(CCC(=O)NC[C@H](c2ccc(N(C)C)cc2)N2CCOCC2)cc1. The summed E-state index contributed by atoms with van der Waals surface area (Å²) in [6.07, 6.45) is 1.19. The molecule has 6 heteroatoms. The molecule has 1 saturated heterocycles. The topological polar surface area (TPSA) is 54.0 Å². The summed E-state index contributed by atoms with van der Waals surface area (Å²) in [4.78, 5) is 17.0. The van der Waals surface area contributed by atoms with Gasteiger partial charge in [-0.15, -0.1) is 0 Å². The van der Waals surface area contributed by atoms with Gasteiger partial charge in [0, 0.05) is 45.8 Å². The lowest BCUT2D eigenvalue weighted by Gasteiger charge is -2.35. The Hall–Kier alpha value is -2.57. The molecule has 0 radical (unpaired) electrons. The zero-order valence-corrected chi connectivity index (χ0v) is 18.3. The number of anilines is 1. The number of amides is 1. The molecule has 30 heavy (non-hydrogen) atoms. The molecular formula is C24H33N3O3. The zero-order chi connectivity index (χ0) is 21.3. The fourth-order valence-electron chi connectivity index (χ4n) is 3.69. The van der Waals surface area contributed by atoms with Gasteiger partial charge in [0.2, 0.25) is 5.91 Å². The fourth-order valence-corrected chi connectivity index (χ4v) is 3.69. The average Bonchev–Trinajstić information content (AvgIpc) is 2.79. The summed E-state index contributed by atoms with van der Waals surface area (Å²) in [6, 6.07) is 16.6. The Bertz CT molecular complexity index is 784. The van der Waals surface area contributed by atoms with Crippen LogP contribution in [0.2, 0.25) is 0 Å². The van der Waals surface area contributed by atoms with Crippen molar-refractivity contribution in [1.29, 1.82) is 0 Å². The zero-order valence-electron chi connectivity index (χ0n) is 18.3. The van der Waals surface area contributed by atoms with Crippen LogP contribution in [0.4, 0.5) is 5.69 Å². The predicted octanol–water partition coefficient (Wildman–Crippen LogP) is 2.88. The molecule has 162 valence electrons. The Kier molecular flexibility index (Phi) is 8.11. The Balaban J connectivity index is 1.58. The first-order valence-electron chi connectivity index (χ1n) is 10.6. The van der Waals surface area contributed by atoms with Gasteiger partial charge in [-0.05, 0) is 41.8 Å². The van der Waals surface area contributed by atoms with E-state index in [2.05, 4.69) is 39.4 Å². The van der Waals surface area contributed by atoms with Crippen LogP contribution in [0.25, 0.3) is 0 Å². The van der Waals surface area contributed by atoms with E-state index < -0.39 is 0 Å². The van der Waals surface area contributed by atoms with Crippen LogP contribution in [0, 0.1) is 0 Å². The predicted molar refractivity (Wildman–Crippen MR) is 120 cm³/mol. The van der Waals surface area contributed by atoms with E-state index in [9.17, 15) is 4.79 Å². The van der Waals surface area contributed by atoms with Crippen LogP contribution in [0.5, 0.6) is 5.75 Å². The van der Waals surface area contributed by atoms with Crippen molar-refractivity contribution in [3.63, 3.8) is 0 Å². The van der Waals surface area contributed by atoms with Gasteiger partial charge in [-0.3, -0.25) is 9.69 Å². The van der Waals surface area contributed by atoms with Crippen LogP contribution in [-0.4, -0.2) is 64.9 Å². The number of carbonyl (C=O) groups is 1.